The molecule has 0 aliphatic carbocycles. The molecule has 8 nitrogen and oxygen atoms in total. The summed E-state index contributed by atoms with van der Waals surface area (Å²) >= 11 is 0. The first kappa shape index (κ1) is 28.6. The normalized spacial score (nSPS) is 14.6. The molecule has 3 aromatic rings. The van der Waals surface area contributed by atoms with Crippen LogP contribution in [0.4, 0.5) is 21.5 Å². The number of aliphatic imine (C=N–C) groups is 1. The van der Waals surface area contributed by atoms with Crippen molar-refractivity contribution in [3.8, 4) is 0 Å². The Bertz CT molecular complexity index is 1420. The van der Waals surface area contributed by atoms with Gasteiger partial charge in [-0.15, -0.1) is 0 Å². The molecule has 0 saturated carbocycles. The maximum Gasteiger partial charge on any atom is 0.305 e. The number of fused-ring (bicyclic) bond motifs is 1. The van der Waals surface area contributed by atoms with Gasteiger partial charge in [0, 0.05) is 37.8 Å². The number of esters is 1. The Hall–Kier alpha value is -4.37. The highest BCUT2D eigenvalue weighted by Gasteiger charge is 2.35. The molecule has 208 valence electrons. The highest BCUT2D eigenvalue weighted by Crippen LogP contribution is 2.37. The Morgan fingerprint density at radius 1 is 0.975 bits per heavy atom. The first-order valence-corrected chi connectivity index (χ1v) is 13.0. The Balaban J connectivity index is 1.66. The molecule has 9 heteroatoms. The van der Waals surface area contributed by atoms with Gasteiger partial charge in [0.25, 0.3) is 0 Å². The number of carbonyl (C=O) groups is 3. The molecule has 3 aromatic carbocycles. The standard InChI is InChI=1S/C31H33FN4O4/c1-35(2)18-17-27(37)36(3)24-13-11-23(12-14-24)33-30(21-8-5-20(6-9-21)7-16-28(38)40-4)29-25-15-10-22(32)19-26(25)34-31(29)39/h5-6,8-15,19,29H,7,16-18H2,1-4H3,(H,34,39). The van der Waals surface area contributed by atoms with Crippen LogP contribution in [0.3, 0.4) is 0 Å². The van der Waals surface area contributed by atoms with Gasteiger partial charge in [-0.1, -0.05) is 30.3 Å². The van der Waals surface area contributed by atoms with Crippen LogP contribution in [0, 0.1) is 5.82 Å². The predicted molar refractivity (Wildman–Crippen MR) is 154 cm³/mol. The first-order chi connectivity index (χ1) is 19.2. The lowest BCUT2D eigenvalue weighted by Crippen LogP contribution is -2.29. The van der Waals surface area contributed by atoms with Crippen LogP contribution in [0.25, 0.3) is 0 Å². The van der Waals surface area contributed by atoms with E-state index in [1.165, 1.54) is 19.2 Å². The second-order valence-corrected chi connectivity index (χ2v) is 9.95. The number of nitrogens with zero attached hydrogens (tertiary/aromatic N) is 3. The molecule has 40 heavy (non-hydrogen) atoms. The third kappa shape index (κ3) is 6.79. The zero-order chi connectivity index (χ0) is 28.8. The molecule has 4 rings (SSSR count). The van der Waals surface area contributed by atoms with E-state index in [1.807, 2.05) is 55.4 Å². The van der Waals surface area contributed by atoms with Gasteiger partial charge in [-0.3, -0.25) is 19.4 Å². The van der Waals surface area contributed by atoms with E-state index in [-0.39, 0.29) is 24.2 Å². The van der Waals surface area contributed by atoms with Crippen LogP contribution in [0.1, 0.15) is 35.4 Å². The van der Waals surface area contributed by atoms with Crippen molar-refractivity contribution in [3.05, 3.63) is 89.2 Å². The van der Waals surface area contributed by atoms with E-state index < -0.39 is 11.7 Å². The third-order valence-electron chi connectivity index (χ3n) is 6.85. The Labute approximate surface area is 233 Å². The summed E-state index contributed by atoms with van der Waals surface area (Å²) in [5, 5.41) is 2.77. The third-order valence-corrected chi connectivity index (χ3v) is 6.85. The zero-order valence-electron chi connectivity index (χ0n) is 23.1. The van der Waals surface area contributed by atoms with E-state index >= 15 is 0 Å². The number of carbonyl (C=O) groups excluding carboxylic acids is 3. The number of anilines is 2. The summed E-state index contributed by atoms with van der Waals surface area (Å²) in [6.07, 6.45) is 1.19. The molecule has 0 aromatic heterocycles. The molecule has 1 N–H and O–H groups in total. The highest BCUT2D eigenvalue weighted by atomic mass is 19.1. The largest absolute Gasteiger partial charge is 0.469 e. The Morgan fingerprint density at radius 2 is 1.68 bits per heavy atom. The lowest BCUT2D eigenvalue weighted by Gasteiger charge is -2.19. The Kier molecular flexibility index (Phi) is 9.06. The summed E-state index contributed by atoms with van der Waals surface area (Å²) in [5.41, 5.74) is 4.57. The van der Waals surface area contributed by atoms with Crippen LogP contribution in [0.15, 0.2) is 71.7 Å². The molecule has 1 unspecified atom stereocenters. The summed E-state index contributed by atoms with van der Waals surface area (Å²) in [4.78, 5) is 45.7. The van der Waals surface area contributed by atoms with Crippen molar-refractivity contribution in [1.29, 1.82) is 0 Å². The number of ether oxygens (including phenoxy) is 1. The second kappa shape index (κ2) is 12.7. The molecule has 0 spiro atoms. The van der Waals surface area contributed by atoms with Crippen molar-refractivity contribution >= 4 is 40.6 Å². The number of methoxy groups -OCH3 is 1. The van der Waals surface area contributed by atoms with Crippen LogP contribution in [-0.2, 0) is 25.5 Å². The number of aryl methyl sites for hydroxylation is 1. The van der Waals surface area contributed by atoms with Gasteiger partial charge in [-0.2, -0.15) is 0 Å². The van der Waals surface area contributed by atoms with Crippen LogP contribution < -0.4 is 10.2 Å². The van der Waals surface area contributed by atoms with Crippen molar-refractivity contribution in [1.82, 2.24) is 4.90 Å². The molecule has 0 radical (unpaired) electrons. The summed E-state index contributed by atoms with van der Waals surface area (Å²) < 4.78 is 18.6. The maximum absolute atomic E-state index is 13.9. The van der Waals surface area contributed by atoms with Gasteiger partial charge in [0.1, 0.15) is 11.7 Å². The van der Waals surface area contributed by atoms with Crippen LogP contribution >= 0.6 is 0 Å². The van der Waals surface area contributed by atoms with E-state index in [0.717, 1.165) is 16.8 Å². The maximum atomic E-state index is 13.9. The zero-order valence-corrected chi connectivity index (χ0v) is 23.1. The van der Waals surface area contributed by atoms with Gasteiger partial charge in [-0.25, -0.2) is 4.39 Å². The van der Waals surface area contributed by atoms with Gasteiger partial charge in [-0.05, 0) is 73.6 Å². The number of hydrogen-bond acceptors (Lipinski definition) is 6. The number of hydrogen-bond donors (Lipinski definition) is 1. The molecule has 2 amide bonds. The summed E-state index contributed by atoms with van der Waals surface area (Å²) in [7, 11) is 6.95. The first-order valence-electron chi connectivity index (χ1n) is 13.0. The van der Waals surface area contributed by atoms with E-state index in [1.54, 1.807) is 30.1 Å². The second-order valence-electron chi connectivity index (χ2n) is 9.95. The average Bonchev–Trinajstić information content (AvgIpc) is 3.27. The Morgan fingerprint density at radius 3 is 2.33 bits per heavy atom. The molecule has 0 fully saturated rings. The van der Waals surface area contributed by atoms with Gasteiger partial charge < -0.3 is 19.9 Å². The van der Waals surface area contributed by atoms with E-state index in [9.17, 15) is 18.8 Å². The van der Waals surface area contributed by atoms with Gasteiger partial charge in [0.05, 0.1) is 18.5 Å². The minimum Gasteiger partial charge on any atom is -0.469 e. The van der Waals surface area contributed by atoms with E-state index in [4.69, 9.17) is 9.73 Å². The number of benzene rings is 3. The number of amides is 2. The van der Waals surface area contributed by atoms with Gasteiger partial charge >= 0.3 is 5.97 Å². The smallest absolute Gasteiger partial charge is 0.305 e. The topological polar surface area (TPSA) is 91.3 Å². The fourth-order valence-corrected chi connectivity index (χ4v) is 4.51. The molecule has 1 aliphatic heterocycles. The SMILES string of the molecule is COC(=O)CCc1ccc(C(=Nc2ccc(N(C)C(=O)CCN(C)C)cc2)C2C(=O)Nc3cc(F)ccc32)cc1. The highest BCUT2D eigenvalue weighted by molar-refractivity contribution is 6.24. The van der Waals surface area contributed by atoms with Crippen molar-refractivity contribution in [3.63, 3.8) is 0 Å². The number of rotatable bonds is 10. The summed E-state index contributed by atoms with van der Waals surface area (Å²) in [6.45, 7) is 0.658. The summed E-state index contributed by atoms with van der Waals surface area (Å²) in [5.74, 6) is -1.76. The number of halogens is 1. The van der Waals surface area contributed by atoms with E-state index in [2.05, 4.69) is 5.32 Å². The fourth-order valence-electron chi connectivity index (χ4n) is 4.51. The van der Waals surface area contributed by atoms with Crippen LogP contribution in [0.2, 0.25) is 0 Å². The molecular formula is C31H33FN4O4. The van der Waals surface area contributed by atoms with Crippen LogP contribution in [-0.4, -0.2) is 63.2 Å². The molecule has 1 atom stereocenters. The van der Waals surface area contributed by atoms with Gasteiger partial charge in [0.2, 0.25) is 11.8 Å². The molecular weight excluding hydrogens is 511 g/mol. The number of nitrogens with one attached hydrogen (secondary N) is 1. The van der Waals surface area contributed by atoms with Crippen molar-refractivity contribution in [2.45, 2.75) is 25.2 Å². The summed E-state index contributed by atoms with van der Waals surface area (Å²) in [6, 6.07) is 19.0. The van der Waals surface area contributed by atoms with Crippen molar-refractivity contribution < 1.29 is 23.5 Å². The van der Waals surface area contributed by atoms with Gasteiger partial charge in [0.15, 0.2) is 0 Å². The quantitative estimate of drug-likeness (QED) is 0.295. The minimum atomic E-state index is -0.744. The lowest BCUT2D eigenvalue weighted by molar-refractivity contribution is -0.140. The fraction of sp³-hybridized carbons (Fsp3) is 0.290. The molecule has 0 bridgehead atoms. The molecule has 0 saturated heterocycles. The predicted octanol–water partition coefficient (Wildman–Crippen LogP) is 4.70. The van der Waals surface area contributed by atoms with Crippen molar-refractivity contribution in [2.75, 3.05) is 45.0 Å². The van der Waals surface area contributed by atoms with Crippen molar-refractivity contribution in [2.24, 2.45) is 4.99 Å². The molecule has 1 heterocycles. The molecule has 1 aliphatic rings. The monoisotopic (exact) mass is 544 g/mol. The average molecular weight is 545 g/mol. The van der Waals surface area contributed by atoms with Crippen LogP contribution in [0.5, 0.6) is 0 Å². The lowest BCUT2D eigenvalue weighted by atomic mass is 9.90. The minimum absolute atomic E-state index is 0.00407. The van der Waals surface area contributed by atoms with E-state index in [0.29, 0.717) is 42.0 Å².